The molecular formula is C13H18N4O3S. The summed E-state index contributed by atoms with van der Waals surface area (Å²) in [4.78, 5) is 43.4. The number of carbonyl (C=O) groups excluding carboxylic acids is 2. The topological polar surface area (TPSA) is 95.2 Å². The summed E-state index contributed by atoms with van der Waals surface area (Å²) < 4.78 is 0. The zero-order valence-corrected chi connectivity index (χ0v) is 12.8. The van der Waals surface area contributed by atoms with Crippen molar-refractivity contribution in [3.63, 3.8) is 0 Å². The highest BCUT2D eigenvalue weighted by Crippen LogP contribution is 2.21. The molecule has 1 saturated heterocycles. The molecule has 1 fully saturated rings. The minimum Gasteiger partial charge on any atom is -0.336 e. The molecule has 1 aliphatic rings. The van der Waals surface area contributed by atoms with E-state index in [0.717, 1.165) is 18.2 Å². The van der Waals surface area contributed by atoms with Gasteiger partial charge in [-0.1, -0.05) is 25.1 Å². The average molecular weight is 310 g/mol. The van der Waals surface area contributed by atoms with Crippen LogP contribution in [0.1, 0.15) is 26.0 Å². The Bertz CT molecular complexity index is 601. The first-order valence-electron chi connectivity index (χ1n) is 6.87. The summed E-state index contributed by atoms with van der Waals surface area (Å²) in [5, 5.41) is 2.50. The van der Waals surface area contributed by atoms with Crippen molar-refractivity contribution in [2.75, 3.05) is 13.1 Å². The summed E-state index contributed by atoms with van der Waals surface area (Å²) in [6.07, 6.45) is 1.61. The van der Waals surface area contributed by atoms with E-state index in [1.165, 1.54) is 11.0 Å². The number of aromatic nitrogens is 2. The van der Waals surface area contributed by atoms with Crippen LogP contribution < -0.4 is 10.9 Å². The van der Waals surface area contributed by atoms with Crippen molar-refractivity contribution >= 4 is 23.7 Å². The molecule has 8 heteroatoms. The molecule has 2 N–H and O–H groups in total. The highest BCUT2D eigenvalue weighted by molar-refractivity contribution is 8.00. The van der Waals surface area contributed by atoms with Crippen LogP contribution in [-0.4, -0.2) is 45.1 Å². The van der Waals surface area contributed by atoms with E-state index < -0.39 is 5.25 Å². The van der Waals surface area contributed by atoms with E-state index in [1.54, 1.807) is 6.92 Å². The molecule has 114 valence electrons. The predicted molar refractivity (Wildman–Crippen MR) is 79.3 cm³/mol. The van der Waals surface area contributed by atoms with E-state index in [-0.39, 0.29) is 17.5 Å². The van der Waals surface area contributed by atoms with Crippen LogP contribution in [0.4, 0.5) is 4.79 Å². The van der Waals surface area contributed by atoms with E-state index >= 15 is 0 Å². The minimum absolute atomic E-state index is 0.227. The number of nitrogens with zero attached hydrogens (tertiary/aromatic N) is 2. The van der Waals surface area contributed by atoms with Crippen LogP contribution in [0.2, 0.25) is 0 Å². The number of urea groups is 1. The number of rotatable bonds is 5. The first-order valence-corrected chi connectivity index (χ1v) is 7.75. The Morgan fingerprint density at radius 2 is 2.29 bits per heavy atom. The van der Waals surface area contributed by atoms with Crippen molar-refractivity contribution in [3.05, 3.63) is 22.1 Å². The molecule has 21 heavy (non-hydrogen) atoms. The van der Waals surface area contributed by atoms with Gasteiger partial charge in [-0.3, -0.25) is 14.5 Å². The lowest BCUT2D eigenvalue weighted by Crippen LogP contribution is -2.39. The normalized spacial score (nSPS) is 15.9. The van der Waals surface area contributed by atoms with Crippen molar-refractivity contribution in [1.29, 1.82) is 0 Å². The van der Waals surface area contributed by atoms with Crippen LogP contribution in [0.3, 0.4) is 0 Å². The maximum absolute atomic E-state index is 12.2. The fraction of sp³-hybridized carbons (Fsp3) is 0.538. The Balaban J connectivity index is 2.08. The molecule has 7 nitrogen and oxygen atoms in total. The van der Waals surface area contributed by atoms with Gasteiger partial charge in [-0.25, -0.2) is 9.78 Å². The fourth-order valence-corrected chi connectivity index (χ4v) is 2.94. The van der Waals surface area contributed by atoms with Gasteiger partial charge >= 0.3 is 6.03 Å². The average Bonchev–Trinajstić information content (AvgIpc) is 2.83. The maximum Gasteiger partial charge on any atom is 0.324 e. The molecular weight excluding hydrogens is 292 g/mol. The number of hydrogen-bond acceptors (Lipinski definition) is 5. The monoisotopic (exact) mass is 310 g/mol. The van der Waals surface area contributed by atoms with Gasteiger partial charge in [0.25, 0.3) is 5.56 Å². The largest absolute Gasteiger partial charge is 0.336 e. The highest BCUT2D eigenvalue weighted by atomic mass is 32.2. The quantitative estimate of drug-likeness (QED) is 0.618. The van der Waals surface area contributed by atoms with Gasteiger partial charge in [0, 0.05) is 24.8 Å². The third kappa shape index (κ3) is 3.84. The van der Waals surface area contributed by atoms with Gasteiger partial charge in [0.05, 0.1) is 5.25 Å². The Hall–Kier alpha value is -1.83. The molecule has 2 rings (SSSR count). The van der Waals surface area contributed by atoms with E-state index in [4.69, 9.17) is 0 Å². The zero-order valence-electron chi connectivity index (χ0n) is 12.0. The molecule has 1 aliphatic heterocycles. The van der Waals surface area contributed by atoms with Gasteiger partial charge in [0.15, 0.2) is 5.16 Å². The minimum atomic E-state index is -0.492. The summed E-state index contributed by atoms with van der Waals surface area (Å²) >= 11 is 1.16. The lowest BCUT2D eigenvalue weighted by Gasteiger charge is -2.16. The molecule has 2 heterocycles. The second-order valence-corrected chi connectivity index (χ2v) is 6.10. The number of imide groups is 1. The number of aromatic amines is 1. The fourth-order valence-electron chi connectivity index (χ4n) is 2.04. The molecule has 0 saturated carbocycles. The van der Waals surface area contributed by atoms with E-state index in [9.17, 15) is 14.4 Å². The summed E-state index contributed by atoms with van der Waals surface area (Å²) in [5.41, 5.74) is 0.483. The first kappa shape index (κ1) is 15.6. The molecule has 0 bridgehead atoms. The van der Waals surface area contributed by atoms with Gasteiger partial charge in [0.2, 0.25) is 5.91 Å². The van der Waals surface area contributed by atoms with Crippen LogP contribution >= 0.6 is 11.8 Å². The van der Waals surface area contributed by atoms with Crippen molar-refractivity contribution in [2.24, 2.45) is 0 Å². The number of amides is 3. The SMILES string of the molecule is CCCc1cc(=O)[nH]c(S[C@@H](C)C(=O)N2CCNC2=O)n1. The number of aryl methyl sites for hydroxylation is 1. The summed E-state index contributed by atoms with van der Waals surface area (Å²) in [7, 11) is 0. The van der Waals surface area contributed by atoms with Crippen LogP contribution in [-0.2, 0) is 11.2 Å². The number of nitrogens with one attached hydrogen (secondary N) is 2. The summed E-state index contributed by atoms with van der Waals surface area (Å²) in [5.74, 6) is -0.279. The van der Waals surface area contributed by atoms with E-state index in [0.29, 0.717) is 30.4 Å². The molecule has 1 aromatic heterocycles. The van der Waals surface area contributed by atoms with Gasteiger partial charge in [0.1, 0.15) is 0 Å². The molecule has 3 amide bonds. The molecule has 0 aromatic carbocycles. The third-order valence-electron chi connectivity index (χ3n) is 3.04. The number of hydrogen-bond donors (Lipinski definition) is 2. The molecule has 1 atom stereocenters. The van der Waals surface area contributed by atoms with Crippen molar-refractivity contribution < 1.29 is 9.59 Å². The molecule has 0 unspecified atom stereocenters. The summed E-state index contributed by atoms with van der Waals surface area (Å²) in [6, 6.07) is 1.10. The maximum atomic E-state index is 12.2. The van der Waals surface area contributed by atoms with Gasteiger partial charge < -0.3 is 10.3 Å². The summed E-state index contributed by atoms with van der Waals surface area (Å²) in [6.45, 7) is 4.56. The van der Waals surface area contributed by atoms with Crippen LogP contribution in [0, 0.1) is 0 Å². The second-order valence-electron chi connectivity index (χ2n) is 4.77. The Morgan fingerprint density at radius 1 is 1.52 bits per heavy atom. The Labute approximate surface area is 126 Å². The third-order valence-corrected chi connectivity index (χ3v) is 4.01. The molecule has 0 aliphatic carbocycles. The lowest BCUT2D eigenvalue weighted by atomic mass is 10.2. The van der Waals surface area contributed by atoms with Gasteiger partial charge in [-0.2, -0.15) is 0 Å². The highest BCUT2D eigenvalue weighted by Gasteiger charge is 2.30. The number of H-pyrrole nitrogens is 1. The zero-order chi connectivity index (χ0) is 15.4. The molecule has 0 radical (unpaired) electrons. The smallest absolute Gasteiger partial charge is 0.324 e. The van der Waals surface area contributed by atoms with Crippen LogP contribution in [0.25, 0.3) is 0 Å². The van der Waals surface area contributed by atoms with Gasteiger partial charge in [-0.15, -0.1) is 0 Å². The van der Waals surface area contributed by atoms with Crippen LogP contribution in [0.15, 0.2) is 16.0 Å². The number of carbonyl (C=O) groups is 2. The van der Waals surface area contributed by atoms with Gasteiger partial charge in [-0.05, 0) is 13.3 Å². The standard InChI is InChI=1S/C13H18N4O3S/c1-3-4-9-7-10(18)16-12(15-9)21-8(2)11(19)17-6-5-14-13(17)20/h7-8H,3-6H2,1-2H3,(H,14,20)(H,15,16,18)/t8-/m0/s1. The van der Waals surface area contributed by atoms with Crippen LogP contribution in [0.5, 0.6) is 0 Å². The Kier molecular flexibility index (Phi) is 5.00. The van der Waals surface area contributed by atoms with E-state index in [2.05, 4.69) is 15.3 Å². The predicted octanol–water partition coefficient (Wildman–Crippen LogP) is 0.755. The lowest BCUT2D eigenvalue weighted by molar-refractivity contribution is -0.126. The van der Waals surface area contributed by atoms with Crippen molar-refractivity contribution in [3.8, 4) is 0 Å². The molecule has 1 aromatic rings. The number of thioether (sulfide) groups is 1. The van der Waals surface area contributed by atoms with Crippen molar-refractivity contribution in [1.82, 2.24) is 20.2 Å². The second kappa shape index (κ2) is 6.75. The van der Waals surface area contributed by atoms with E-state index in [1.807, 2.05) is 6.92 Å². The molecule has 0 spiro atoms. The Morgan fingerprint density at radius 3 is 2.90 bits per heavy atom. The first-order chi connectivity index (χ1) is 10.0. The van der Waals surface area contributed by atoms with Crippen molar-refractivity contribution in [2.45, 2.75) is 37.1 Å².